The van der Waals surface area contributed by atoms with E-state index in [4.69, 9.17) is 0 Å². The second kappa shape index (κ2) is 6.17. The van der Waals surface area contributed by atoms with Gasteiger partial charge in [-0.25, -0.2) is 4.39 Å². The summed E-state index contributed by atoms with van der Waals surface area (Å²) in [5.41, 5.74) is -1.13. The van der Waals surface area contributed by atoms with Crippen LogP contribution >= 0.6 is 0 Å². The summed E-state index contributed by atoms with van der Waals surface area (Å²) in [5.74, 6) is -0.963. The van der Waals surface area contributed by atoms with Crippen molar-refractivity contribution in [2.24, 2.45) is 0 Å². The van der Waals surface area contributed by atoms with Gasteiger partial charge in [0.05, 0.1) is 10.5 Å². The number of nitro groups is 1. The Kier molecular flexibility index (Phi) is 4.52. The van der Waals surface area contributed by atoms with Crippen LogP contribution in [0.25, 0.3) is 0 Å². The fraction of sp³-hybridized carbons (Fsp3) is 0.500. The van der Waals surface area contributed by atoms with Gasteiger partial charge in [-0.15, -0.1) is 0 Å². The lowest BCUT2D eigenvalue weighted by molar-refractivity contribution is -0.384. The number of hydrogen-bond donors (Lipinski definition) is 2. The van der Waals surface area contributed by atoms with Gasteiger partial charge in [-0.1, -0.05) is 13.3 Å². The Hall–Kier alpha value is -2.02. The topological polar surface area (TPSA) is 84.3 Å². The standard InChI is InChI=1S/C14H18FN3O3/c1-2-6-14(7-3-8-16-14)13(19)17-11-9-10(15)4-5-12(11)18(20)21/h4-5,9,16H,2-3,6-8H2,1H3,(H,17,19). The zero-order valence-corrected chi connectivity index (χ0v) is 11.8. The molecule has 0 saturated carbocycles. The van der Waals surface area contributed by atoms with Gasteiger partial charge in [-0.3, -0.25) is 14.9 Å². The summed E-state index contributed by atoms with van der Waals surface area (Å²) in [6.45, 7) is 2.71. The monoisotopic (exact) mass is 295 g/mol. The van der Waals surface area contributed by atoms with Gasteiger partial charge in [0.2, 0.25) is 5.91 Å². The predicted molar refractivity (Wildman–Crippen MR) is 76.6 cm³/mol. The first-order valence-electron chi connectivity index (χ1n) is 6.99. The molecule has 0 spiro atoms. The second-order valence-corrected chi connectivity index (χ2v) is 5.24. The van der Waals surface area contributed by atoms with Crippen molar-refractivity contribution in [3.8, 4) is 0 Å². The molecule has 0 aliphatic carbocycles. The number of benzene rings is 1. The first-order valence-corrected chi connectivity index (χ1v) is 6.99. The van der Waals surface area contributed by atoms with Crippen LogP contribution in [0, 0.1) is 15.9 Å². The van der Waals surface area contributed by atoms with Crippen LogP contribution in [-0.2, 0) is 4.79 Å². The van der Waals surface area contributed by atoms with Crippen LogP contribution < -0.4 is 10.6 Å². The number of nitro benzene ring substituents is 1. The summed E-state index contributed by atoms with van der Waals surface area (Å²) in [6, 6.07) is 3.04. The highest BCUT2D eigenvalue weighted by molar-refractivity contribution is 5.99. The van der Waals surface area contributed by atoms with Crippen LogP contribution in [0.1, 0.15) is 32.6 Å². The molecule has 1 aromatic carbocycles. The molecular weight excluding hydrogens is 277 g/mol. The highest BCUT2D eigenvalue weighted by Gasteiger charge is 2.40. The van der Waals surface area contributed by atoms with E-state index in [1.54, 1.807) is 0 Å². The molecule has 21 heavy (non-hydrogen) atoms. The zero-order chi connectivity index (χ0) is 15.5. The predicted octanol–water partition coefficient (Wildman–Crippen LogP) is 2.59. The van der Waals surface area contributed by atoms with Crippen molar-refractivity contribution >= 4 is 17.3 Å². The van der Waals surface area contributed by atoms with E-state index in [9.17, 15) is 19.3 Å². The third-order valence-electron chi connectivity index (χ3n) is 3.76. The Morgan fingerprint density at radius 2 is 2.33 bits per heavy atom. The summed E-state index contributed by atoms with van der Waals surface area (Å²) < 4.78 is 13.3. The minimum absolute atomic E-state index is 0.103. The van der Waals surface area contributed by atoms with Gasteiger partial charge in [0.1, 0.15) is 11.5 Å². The average molecular weight is 295 g/mol. The molecule has 114 valence electrons. The molecule has 2 N–H and O–H groups in total. The first-order chi connectivity index (χ1) is 9.98. The minimum atomic E-state index is -0.713. The summed E-state index contributed by atoms with van der Waals surface area (Å²) in [4.78, 5) is 22.8. The van der Waals surface area contributed by atoms with Crippen LogP contribution in [-0.4, -0.2) is 22.9 Å². The SMILES string of the molecule is CCCC1(C(=O)Nc2cc(F)ccc2[N+](=O)[O-])CCCN1. The molecule has 1 aliphatic rings. The summed E-state index contributed by atoms with van der Waals surface area (Å²) in [7, 11) is 0. The smallest absolute Gasteiger partial charge is 0.292 e. The molecule has 6 nitrogen and oxygen atoms in total. The average Bonchev–Trinajstić information content (AvgIpc) is 2.88. The summed E-state index contributed by atoms with van der Waals surface area (Å²) in [5, 5.41) is 16.7. The fourth-order valence-electron chi connectivity index (χ4n) is 2.76. The highest BCUT2D eigenvalue weighted by atomic mass is 19.1. The normalized spacial score (nSPS) is 21.2. The van der Waals surface area contributed by atoms with Crippen molar-refractivity contribution in [1.29, 1.82) is 0 Å². The maximum Gasteiger partial charge on any atom is 0.292 e. The van der Waals surface area contributed by atoms with Gasteiger partial charge in [0.25, 0.3) is 5.69 Å². The van der Waals surface area contributed by atoms with E-state index in [1.165, 1.54) is 0 Å². The molecule has 0 aromatic heterocycles. The Balaban J connectivity index is 2.26. The maximum atomic E-state index is 13.3. The van der Waals surface area contributed by atoms with E-state index in [0.717, 1.165) is 37.6 Å². The largest absolute Gasteiger partial charge is 0.319 e. The lowest BCUT2D eigenvalue weighted by atomic mass is 9.90. The lowest BCUT2D eigenvalue weighted by Gasteiger charge is -2.27. The number of rotatable bonds is 5. The van der Waals surface area contributed by atoms with Crippen molar-refractivity contribution < 1.29 is 14.1 Å². The van der Waals surface area contributed by atoms with Gasteiger partial charge < -0.3 is 10.6 Å². The third kappa shape index (κ3) is 3.18. The minimum Gasteiger partial charge on any atom is -0.319 e. The molecule has 1 atom stereocenters. The molecule has 1 fully saturated rings. The molecule has 0 bridgehead atoms. The van der Waals surface area contributed by atoms with E-state index >= 15 is 0 Å². The van der Waals surface area contributed by atoms with Gasteiger partial charge in [0, 0.05) is 12.1 Å². The van der Waals surface area contributed by atoms with Crippen molar-refractivity contribution in [1.82, 2.24) is 5.32 Å². The van der Waals surface area contributed by atoms with Crippen molar-refractivity contribution in [3.05, 3.63) is 34.1 Å². The zero-order valence-electron chi connectivity index (χ0n) is 11.8. The Morgan fingerprint density at radius 1 is 1.57 bits per heavy atom. The van der Waals surface area contributed by atoms with E-state index < -0.39 is 16.3 Å². The Labute approximate surface area is 121 Å². The lowest BCUT2D eigenvalue weighted by Crippen LogP contribution is -2.50. The number of carbonyl (C=O) groups excluding carboxylic acids is 1. The van der Waals surface area contributed by atoms with Crippen LogP contribution in [0.15, 0.2) is 18.2 Å². The molecule has 1 heterocycles. The van der Waals surface area contributed by atoms with Gasteiger partial charge in [-0.2, -0.15) is 0 Å². The van der Waals surface area contributed by atoms with Gasteiger partial charge >= 0.3 is 0 Å². The number of anilines is 1. The first kappa shape index (κ1) is 15.4. The maximum absolute atomic E-state index is 13.3. The van der Waals surface area contributed by atoms with E-state index in [2.05, 4.69) is 10.6 Å². The number of hydrogen-bond acceptors (Lipinski definition) is 4. The van der Waals surface area contributed by atoms with E-state index in [-0.39, 0.29) is 17.3 Å². The van der Waals surface area contributed by atoms with Crippen molar-refractivity contribution in [2.45, 2.75) is 38.1 Å². The molecule has 7 heteroatoms. The number of nitrogens with zero attached hydrogens (tertiary/aromatic N) is 1. The molecule has 0 radical (unpaired) electrons. The van der Waals surface area contributed by atoms with E-state index in [0.29, 0.717) is 12.8 Å². The molecular formula is C14H18FN3O3. The molecule has 1 unspecified atom stereocenters. The number of nitrogens with one attached hydrogen (secondary N) is 2. The summed E-state index contributed by atoms with van der Waals surface area (Å²) >= 11 is 0. The molecule has 1 saturated heterocycles. The Bertz CT molecular complexity index is 556. The van der Waals surface area contributed by atoms with Gasteiger partial charge in [-0.05, 0) is 31.9 Å². The quantitative estimate of drug-likeness (QED) is 0.646. The Morgan fingerprint density at radius 3 is 2.90 bits per heavy atom. The van der Waals surface area contributed by atoms with Crippen molar-refractivity contribution in [2.75, 3.05) is 11.9 Å². The van der Waals surface area contributed by atoms with Gasteiger partial charge in [0.15, 0.2) is 0 Å². The molecule has 1 aliphatic heterocycles. The molecule has 1 aromatic rings. The molecule has 1 amide bonds. The van der Waals surface area contributed by atoms with Crippen molar-refractivity contribution in [3.63, 3.8) is 0 Å². The van der Waals surface area contributed by atoms with Crippen LogP contribution in [0.4, 0.5) is 15.8 Å². The molecule has 2 rings (SSSR count). The fourth-order valence-corrected chi connectivity index (χ4v) is 2.76. The van der Waals surface area contributed by atoms with Crippen LogP contribution in [0.3, 0.4) is 0 Å². The summed E-state index contributed by atoms with van der Waals surface area (Å²) in [6.07, 6.45) is 3.00. The number of halogens is 1. The highest BCUT2D eigenvalue weighted by Crippen LogP contribution is 2.30. The van der Waals surface area contributed by atoms with Crippen LogP contribution in [0.5, 0.6) is 0 Å². The number of amides is 1. The third-order valence-corrected chi connectivity index (χ3v) is 3.76. The second-order valence-electron chi connectivity index (χ2n) is 5.24. The van der Waals surface area contributed by atoms with E-state index in [1.807, 2.05) is 6.92 Å². The van der Waals surface area contributed by atoms with Crippen LogP contribution in [0.2, 0.25) is 0 Å². The number of carbonyl (C=O) groups is 1.